The number of rotatable bonds is 4. The van der Waals surface area contributed by atoms with Crippen LogP contribution < -0.4 is 5.32 Å². The monoisotopic (exact) mass is 354 g/mol. The van der Waals surface area contributed by atoms with Gasteiger partial charge < -0.3 is 20.1 Å². The van der Waals surface area contributed by atoms with E-state index in [0.717, 1.165) is 10.6 Å². The predicted molar refractivity (Wildman–Crippen MR) is 95.1 cm³/mol. The lowest BCUT2D eigenvalue weighted by molar-refractivity contribution is -0.0310. The highest BCUT2D eigenvalue weighted by molar-refractivity contribution is 6.31. The molecule has 2 rings (SSSR count). The van der Waals surface area contributed by atoms with Crippen LogP contribution in [0.5, 0.6) is 0 Å². The average Bonchev–Trinajstić information content (AvgIpc) is 2.48. The molecule has 0 atom stereocenters. The van der Waals surface area contributed by atoms with Crippen LogP contribution in [-0.4, -0.2) is 46.9 Å². The van der Waals surface area contributed by atoms with E-state index in [9.17, 15) is 9.90 Å². The molecule has 1 aliphatic heterocycles. The SMILES string of the molecule is CC(C)(C)OC(=O)N1CCC(O)(CNCc2ccccc2Cl)CC1. The molecular formula is C18H27ClN2O3. The molecule has 134 valence electrons. The van der Waals surface area contributed by atoms with Gasteiger partial charge in [0.05, 0.1) is 5.60 Å². The van der Waals surface area contributed by atoms with Crippen LogP contribution in [0.4, 0.5) is 4.79 Å². The molecule has 6 heteroatoms. The van der Waals surface area contributed by atoms with Gasteiger partial charge in [-0.1, -0.05) is 29.8 Å². The number of halogens is 1. The van der Waals surface area contributed by atoms with Crippen LogP contribution in [0.3, 0.4) is 0 Å². The average molecular weight is 355 g/mol. The number of amides is 1. The van der Waals surface area contributed by atoms with E-state index in [4.69, 9.17) is 16.3 Å². The molecule has 1 heterocycles. The second kappa shape index (κ2) is 7.72. The van der Waals surface area contributed by atoms with Crippen molar-refractivity contribution >= 4 is 17.7 Å². The van der Waals surface area contributed by atoms with Crippen LogP contribution in [0.2, 0.25) is 5.02 Å². The van der Waals surface area contributed by atoms with Crippen molar-refractivity contribution in [3.05, 3.63) is 34.9 Å². The van der Waals surface area contributed by atoms with Crippen molar-refractivity contribution < 1.29 is 14.6 Å². The largest absolute Gasteiger partial charge is 0.444 e. The molecule has 0 aliphatic carbocycles. The van der Waals surface area contributed by atoms with Crippen LogP contribution in [0, 0.1) is 0 Å². The van der Waals surface area contributed by atoms with Crippen molar-refractivity contribution in [2.45, 2.75) is 51.4 Å². The van der Waals surface area contributed by atoms with Gasteiger partial charge in [-0.2, -0.15) is 0 Å². The number of likely N-dealkylation sites (tertiary alicyclic amines) is 1. The summed E-state index contributed by atoms with van der Waals surface area (Å²) in [5.74, 6) is 0. The molecule has 0 bridgehead atoms. The molecule has 1 aromatic rings. The highest BCUT2D eigenvalue weighted by Crippen LogP contribution is 2.23. The van der Waals surface area contributed by atoms with E-state index in [1.165, 1.54) is 0 Å². The molecule has 24 heavy (non-hydrogen) atoms. The van der Waals surface area contributed by atoms with Crippen molar-refractivity contribution in [1.82, 2.24) is 10.2 Å². The number of hydrogen-bond acceptors (Lipinski definition) is 4. The van der Waals surface area contributed by atoms with Gasteiger partial charge in [0, 0.05) is 31.2 Å². The molecule has 2 N–H and O–H groups in total. The third-order valence-corrected chi connectivity index (χ3v) is 4.44. The zero-order valence-corrected chi connectivity index (χ0v) is 15.4. The van der Waals surface area contributed by atoms with Crippen LogP contribution >= 0.6 is 11.6 Å². The van der Waals surface area contributed by atoms with Gasteiger partial charge in [0.15, 0.2) is 0 Å². The third kappa shape index (κ3) is 5.65. The molecule has 0 aromatic heterocycles. The van der Waals surface area contributed by atoms with Gasteiger partial charge in [-0.05, 0) is 45.2 Å². The summed E-state index contributed by atoms with van der Waals surface area (Å²) < 4.78 is 5.37. The third-order valence-electron chi connectivity index (χ3n) is 4.07. The molecule has 0 radical (unpaired) electrons. The standard InChI is InChI=1S/C18H27ClN2O3/c1-17(2,3)24-16(22)21-10-8-18(23,9-11-21)13-20-12-14-6-4-5-7-15(14)19/h4-7,20,23H,8-13H2,1-3H3. The van der Waals surface area contributed by atoms with Gasteiger partial charge in [-0.15, -0.1) is 0 Å². The Labute approximate surface area is 148 Å². The molecule has 0 unspecified atom stereocenters. The number of hydrogen-bond donors (Lipinski definition) is 2. The Hall–Kier alpha value is -1.30. The number of ether oxygens (including phenoxy) is 1. The first kappa shape index (κ1) is 19.0. The van der Waals surface area contributed by atoms with Crippen LogP contribution in [-0.2, 0) is 11.3 Å². The number of piperidine rings is 1. The summed E-state index contributed by atoms with van der Waals surface area (Å²) in [5.41, 5.74) is -0.296. The van der Waals surface area contributed by atoms with Crippen molar-refractivity contribution in [3.8, 4) is 0 Å². The second-order valence-electron chi connectivity index (χ2n) is 7.39. The number of benzene rings is 1. The molecule has 1 aromatic carbocycles. The summed E-state index contributed by atoms with van der Waals surface area (Å²) in [6.07, 6.45) is 0.748. The normalized spacial score (nSPS) is 17.6. The Bertz CT molecular complexity index is 564. The lowest BCUT2D eigenvalue weighted by atomic mass is 9.91. The zero-order valence-electron chi connectivity index (χ0n) is 14.6. The predicted octanol–water partition coefficient (Wildman–Crippen LogP) is 3.19. The van der Waals surface area contributed by atoms with Gasteiger partial charge in [0.1, 0.15) is 5.60 Å². The summed E-state index contributed by atoms with van der Waals surface area (Å²) >= 11 is 6.13. The molecular weight excluding hydrogens is 328 g/mol. The summed E-state index contributed by atoms with van der Waals surface area (Å²) in [6.45, 7) is 7.63. The molecule has 1 aliphatic rings. The summed E-state index contributed by atoms with van der Waals surface area (Å²) in [7, 11) is 0. The Morgan fingerprint density at radius 1 is 1.33 bits per heavy atom. The van der Waals surface area contributed by atoms with Crippen molar-refractivity contribution in [1.29, 1.82) is 0 Å². The van der Waals surface area contributed by atoms with Crippen molar-refractivity contribution in [2.75, 3.05) is 19.6 Å². The molecule has 1 amide bonds. The van der Waals surface area contributed by atoms with Gasteiger partial charge in [-0.3, -0.25) is 0 Å². The van der Waals surface area contributed by atoms with E-state index in [-0.39, 0.29) is 6.09 Å². The Balaban J connectivity index is 1.78. The van der Waals surface area contributed by atoms with Gasteiger partial charge in [-0.25, -0.2) is 4.79 Å². The van der Waals surface area contributed by atoms with Gasteiger partial charge in [0.25, 0.3) is 0 Å². The Kier molecular flexibility index (Phi) is 6.12. The zero-order chi connectivity index (χ0) is 17.8. The lowest BCUT2D eigenvalue weighted by Gasteiger charge is -2.38. The van der Waals surface area contributed by atoms with Gasteiger partial charge in [0.2, 0.25) is 0 Å². The van der Waals surface area contributed by atoms with Crippen LogP contribution in [0.1, 0.15) is 39.2 Å². The number of carbonyl (C=O) groups excluding carboxylic acids is 1. The fraction of sp³-hybridized carbons (Fsp3) is 0.611. The number of nitrogens with one attached hydrogen (secondary N) is 1. The van der Waals surface area contributed by atoms with E-state index in [0.29, 0.717) is 39.0 Å². The van der Waals surface area contributed by atoms with E-state index in [2.05, 4.69) is 5.32 Å². The topological polar surface area (TPSA) is 61.8 Å². The number of aliphatic hydroxyl groups is 1. The summed E-state index contributed by atoms with van der Waals surface area (Å²) in [5, 5.41) is 14.7. The molecule has 5 nitrogen and oxygen atoms in total. The van der Waals surface area contributed by atoms with Gasteiger partial charge >= 0.3 is 6.09 Å². The molecule has 1 fully saturated rings. The minimum absolute atomic E-state index is 0.312. The Morgan fingerprint density at radius 2 is 1.96 bits per heavy atom. The molecule has 0 saturated carbocycles. The number of carbonyl (C=O) groups is 1. The minimum Gasteiger partial charge on any atom is -0.444 e. The second-order valence-corrected chi connectivity index (χ2v) is 7.79. The van der Waals surface area contributed by atoms with Crippen LogP contribution in [0.15, 0.2) is 24.3 Å². The minimum atomic E-state index is -0.806. The van der Waals surface area contributed by atoms with E-state index >= 15 is 0 Å². The van der Waals surface area contributed by atoms with E-state index in [1.54, 1.807) is 4.90 Å². The van der Waals surface area contributed by atoms with E-state index < -0.39 is 11.2 Å². The molecule has 1 saturated heterocycles. The maximum absolute atomic E-state index is 12.1. The fourth-order valence-corrected chi connectivity index (χ4v) is 2.88. The summed E-state index contributed by atoms with van der Waals surface area (Å²) in [6, 6.07) is 7.65. The maximum atomic E-state index is 12.1. The lowest BCUT2D eigenvalue weighted by Crippen LogP contribution is -2.52. The Morgan fingerprint density at radius 3 is 2.54 bits per heavy atom. The highest BCUT2D eigenvalue weighted by atomic mass is 35.5. The number of nitrogens with zero attached hydrogens (tertiary/aromatic N) is 1. The van der Waals surface area contributed by atoms with Crippen molar-refractivity contribution in [3.63, 3.8) is 0 Å². The van der Waals surface area contributed by atoms with Crippen LogP contribution in [0.25, 0.3) is 0 Å². The smallest absolute Gasteiger partial charge is 0.410 e. The first-order valence-corrected chi connectivity index (χ1v) is 8.71. The quantitative estimate of drug-likeness (QED) is 0.871. The first-order chi connectivity index (χ1) is 11.2. The first-order valence-electron chi connectivity index (χ1n) is 8.33. The maximum Gasteiger partial charge on any atom is 0.410 e. The highest BCUT2D eigenvalue weighted by Gasteiger charge is 2.35. The molecule has 0 spiro atoms. The van der Waals surface area contributed by atoms with E-state index in [1.807, 2.05) is 45.0 Å². The summed E-state index contributed by atoms with van der Waals surface area (Å²) in [4.78, 5) is 13.7. The fourth-order valence-electron chi connectivity index (χ4n) is 2.68. The van der Waals surface area contributed by atoms with Crippen molar-refractivity contribution in [2.24, 2.45) is 0 Å².